The van der Waals surface area contributed by atoms with Crippen LogP contribution in [0.25, 0.3) is 0 Å². The van der Waals surface area contributed by atoms with Gasteiger partial charge in [-0.05, 0) is 24.9 Å². The van der Waals surface area contributed by atoms with Crippen LogP contribution in [0, 0.1) is 0 Å². The minimum absolute atomic E-state index is 0.178. The van der Waals surface area contributed by atoms with Crippen LogP contribution in [0.3, 0.4) is 0 Å². The zero-order chi connectivity index (χ0) is 11.1. The fourth-order valence-corrected chi connectivity index (χ4v) is 2.06. The summed E-state index contributed by atoms with van der Waals surface area (Å²) in [5.41, 5.74) is 0. The fraction of sp³-hybridized carbons (Fsp3) is 0.800. The molecule has 0 atom stereocenters. The summed E-state index contributed by atoms with van der Waals surface area (Å²) in [6.07, 6.45) is 6.70. The minimum atomic E-state index is -0.232. The molecular formula is C10H18N2O2S. The van der Waals surface area contributed by atoms with Gasteiger partial charge in [-0.25, -0.2) is 4.79 Å². The molecule has 1 rings (SSSR count). The highest BCUT2D eigenvalue weighted by Gasteiger charge is 2.25. The van der Waals surface area contributed by atoms with Gasteiger partial charge in [0.2, 0.25) is 5.91 Å². The van der Waals surface area contributed by atoms with E-state index in [9.17, 15) is 9.59 Å². The van der Waals surface area contributed by atoms with Gasteiger partial charge in [0, 0.05) is 6.54 Å². The molecule has 0 bridgehead atoms. The van der Waals surface area contributed by atoms with Crippen molar-refractivity contribution in [3.63, 3.8) is 0 Å². The Hall–Kier alpha value is -0.710. The smallest absolute Gasteiger partial charge is 0.315 e. The number of nitrogens with one attached hydrogen (secondary N) is 1. The van der Waals surface area contributed by atoms with Crippen molar-refractivity contribution in [3.8, 4) is 0 Å². The van der Waals surface area contributed by atoms with Crippen molar-refractivity contribution >= 4 is 23.7 Å². The largest absolute Gasteiger partial charge is 0.324 e. The van der Waals surface area contributed by atoms with Crippen LogP contribution in [-0.2, 0) is 4.79 Å². The summed E-state index contributed by atoms with van der Waals surface area (Å²) in [4.78, 5) is 23.6. The first kappa shape index (κ1) is 12.4. The molecule has 3 amide bonds. The monoisotopic (exact) mass is 230 g/mol. The molecule has 0 aromatic rings. The lowest BCUT2D eigenvalue weighted by atomic mass is 10.2. The first-order valence-corrected chi connectivity index (χ1v) is 6.71. The lowest BCUT2D eigenvalue weighted by Gasteiger charge is -2.12. The van der Waals surface area contributed by atoms with Crippen molar-refractivity contribution in [3.05, 3.63) is 0 Å². The second-order valence-electron chi connectivity index (χ2n) is 3.68. The molecule has 0 aromatic heterocycles. The number of carbonyl (C=O) groups excluding carboxylic acids is 2. The lowest BCUT2D eigenvalue weighted by Crippen LogP contribution is -2.29. The van der Waals surface area contributed by atoms with Gasteiger partial charge in [0.05, 0.1) is 0 Å². The van der Waals surface area contributed by atoms with Gasteiger partial charge in [0.15, 0.2) is 0 Å². The summed E-state index contributed by atoms with van der Waals surface area (Å²) in [6, 6.07) is -0.232. The van der Waals surface area contributed by atoms with Gasteiger partial charge >= 0.3 is 6.03 Å². The highest BCUT2D eigenvalue weighted by Crippen LogP contribution is 2.07. The Morgan fingerprint density at radius 1 is 1.27 bits per heavy atom. The van der Waals surface area contributed by atoms with Gasteiger partial charge in [-0.1, -0.05) is 12.8 Å². The molecule has 0 radical (unpaired) electrons. The molecule has 1 aliphatic rings. The summed E-state index contributed by atoms with van der Waals surface area (Å²) >= 11 is 1.87. The van der Waals surface area contributed by atoms with Crippen LogP contribution in [0.15, 0.2) is 0 Å². The zero-order valence-electron chi connectivity index (χ0n) is 9.12. The third-order valence-electron chi connectivity index (χ3n) is 2.39. The molecule has 1 fully saturated rings. The van der Waals surface area contributed by atoms with E-state index in [0.717, 1.165) is 12.8 Å². The molecule has 1 heterocycles. The number of thioether (sulfide) groups is 1. The summed E-state index contributed by atoms with van der Waals surface area (Å²) in [7, 11) is 0. The maximum absolute atomic E-state index is 11.1. The average molecular weight is 230 g/mol. The maximum atomic E-state index is 11.1. The molecule has 1 N–H and O–H groups in total. The van der Waals surface area contributed by atoms with Gasteiger partial charge in [0.1, 0.15) is 6.54 Å². The van der Waals surface area contributed by atoms with Crippen LogP contribution in [0.2, 0.25) is 0 Å². The summed E-state index contributed by atoms with van der Waals surface area (Å²) < 4.78 is 0. The number of hydrogen-bond donors (Lipinski definition) is 1. The van der Waals surface area contributed by atoms with Crippen molar-refractivity contribution in [2.45, 2.75) is 25.7 Å². The number of rotatable bonds is 7. The van der Waals surface area contributed by atoms with Crippen LogP contribution >= 0.6 is 11.8 Å². The molecule has 1 saturated heterocycles. The topological polar surface area (TPSA) is 49.4 Å². The Morgan fingerprint density at radius 2 is 2.00 bits per heavy atom. The Labute approximate surface area is 94.8 Å². The third kappa shape index (κ3) is 4.55. The standard InChI is InChI=1S/C10H18N2O2S/c1-15-7-5-3-2-4-6-12-8-9(13)11-10(12)14/h2-8H2,1H3,(H,11,13,14). The van der Waals surface area contributed by atoms with E-state index in [1.165, 1.54) is 18.6 Å². The van der Waals surface area contributed by atoms with Gasteiger partial charge in [-0.15, -0.1) is 0 Å². The Kier molecular flexibility index (Phi) is 5.53. The van der Waals surface area contributed by atoms with Crippen molar-refractivity contribution < 1.29 is 9.59 Å². The van der Waals surface area contributed by atoms with E-state index < -0.39 is 0 Å². The minimum Gasteiger partial charge on any atom is -0.315 e. The quantitative estimate of drug-likeness (QED) is 0.532. The summed E-state index contributed by atoms with van der Waals surface area (Å²) in [5, 5.41) is 2.27. The van der Waals surface area contributed by atoms with Gasteiger partial charge in [0.25, 0.3) is 0 Å². The lowest BCUT2D eigenvalue weighted by molar-refractivity contribution is -0.118. The number of urea groups is 1. The molecule has 4 nitrogen and oxygen atoms in total. The van der Waals surface area contributed by atoms with Crippen LogP contribution in [-0.4, -0.2) is 41.9 Å². The van der Waals surface area contributed by atoms with Crippen molar-refractivity contribution in [1.82, 2.24) is 10.2 Å². The number of imide groups is 1. The molecule has 0 aromatic carbocycles. The van der Waals surface area contributed by atoms with Crippen LogP contribution in [0.4, 0.5) is 4.79 Å². The van der Waals surface area contributed by atoms with E-state index in [0.29, 0.717) is 6.54 Å². The van der Waals surface area contributed by atoms with Crippen molar-refractivity contribution in [1.29, 1.82) is 0 Å². The molecule has 0 saturated carbocycles. The predicted molar refractivity (Wildman–Crippen MR) is 62.0 cm³/mol. The van der Waals surface area contributed by atoms with Crippen LogP contribution in [0.5, 0.6) is 0 Å². The number of amides is 3. The van der Waals surface area contributed by atoms with Gasteiger partial charge in [-0.2, -0.15) is 11.8 Å². The van der Waals surface area contributed by atoms with Crippen LogP contribution in [0.1, 0.15) is 25.7 Å². The molecule has 0 aliphatic carbocycles. The zero-order valence-corrected chi connectivity index (χ0v) is 9.94. The third-order valence-corrected chi connectivity index (χ3v) is 3.09. The molecule has 0 unspecified atom stereocenters. The summed E-state index contributed by atoms with van der Waals surface area (Å²) in [6.45, 7) is 0.945. The molecule has 1 aliphatic heterocycles. The second kappa shape index (κ2) is 6.71. The van der Waals surface area contributed by atoms with E-state index in [1.54, 1.807) is 4.90 Å². The average Bonchev–Trinajstić information content (AvgIpc) is 2.51. The molecule has 15 heavy (non-hydrogen) atoms. The maximum Gasteiger partial charge on any atom is 0.324 e. The molecule has 86 valence electrons. The van der Waals surface area contributed by atoms with Crippen LogP contribution < -0.4 is 5.32 Å². The Bertz CT molecular complexity index is 233. The first-order valence-electron chi connectivity index (χ1n) is 5.31. The van der Waals surface area contributed by atoms with E-state index in [-0.39, 0.29) is 18.5 Å². The van der Waals surface area contributed by atoms with E-state index in [4.69, 9.17) is 0 Å². The highest BCUT2D eigenvalue weighted by molar-refractivity contribution is 7.98. The Balaban J connectivity index is 2.00. The van der Waals surface area contributed by atoms with Gasteiger partial charge in [-0.3, -0.25) is 10.1 Å². The molecular weight excluding hydrogens is 212 g/mol. The first-order chi connectivity index (χ1) is 7.24. The van der Waals surface area contributed by atoms with Gasteiger partial charge < -0.3 is 4.90 Å². The van der Waals surface area contributed by atoms with E-state index in [1.807, 2.05) is 11.8 Å². The number of carbonyl (C=O) groups is 2. The SMILES string of the molecule is CSCCCCCCN1CC(=O)NC1=O. The number of nitrogens with zero attached hydrogens (tertiary/aromatic N) is 1. The fourth-order valence-electron chi connectivity index (χ4n) is 1.57. The summed E-state index contributed by atoms with van der Waals surface area (Å²) in [5.74, 6) is 1.03. The predicted octanol–water partition coefficient (Wildman–Crippen LogP) is 1.46. The molecule has 5 heteroatoms. The highest BCUT2D eigenvalue weighted by atomic mass is 32.2. The van der Waals surface area contributed by atoms with Crippen molar-refractivity contribution in [2.24, 2.45) is 0 Å². The second-order valence-corrected chi connectivity index (χ2v) is 4.67. The normalized spacial score (nSPS) is 15.9. The van der Waals surface area contributed by atoms with E-state index >= 15 is 0 Å². The Morgan fingerprint density at radius 3 is 2.60 bits per heavy atom. The molecule has 0 spiro atoms. The van der Waals surface area contributed by atoms with E-state index in [2.05, 4.69) is 11.6 Å². The van der Waals surface area contributed by atoms with Crippen molar-refractivity contribution in [2.75, 3.05) is 25.1 Å². The number of hydrogen-bond acceptors (Lipinski definition) is 3. The number of unbranched alkanes of at least 4 members (excludes halogenated alkanes) is 3.